The quantitative estimate of drug-likeness (QED) is 0.888. The number of aryl methyl sites for hydroxylation is 1. The van der Waals surface area contributed by atoms with Crippen LogP contribution in [0.2, 0.25) is 0 Å². The predicted octanol–water partition coefficient (Wildman–Crippen LogP) is 2.58. The maximum atomic E-state index is 12.7. The van der Waals surface area contributed by atoms with Crippen molar-refractivity contribution in [3.8, 4) is 0 Å². The minimum Gasteiger partial charge on any atom is -0.396 e. The lowest BCUT2D eigenvalue weighted by Crippen LogP contribution is -2.48. The fourth-order valence-electron chi connectivity index (χ4n) is 3.97. The Morgan fingerprint density at radius 2 is 1.67 bits per heavy atom. The van der Waals surface area contributed by atoms with E-state index in [9.17, 15) is 4.21 Å². The van der Waals surface area contributed by atoms with E-state index < -0.39 is 11.0 Å². The normalized spacial score (nSPS) is 23.4. The second kappa shape index (κ2) is 8.56. The zero-order chi connectivity index (χ0) is 16.9. The third kappa shape index (κ3) is 4.45. The fourth-order valence-corrected chi connectivity index (χ4v) is 5.18. The van der Waals surface area contributed by atoms with Crippen molar-refractivity contribution < 1.29 is 9.32 Å². The van der Waals surface area contributed by atoms with Crippen LogP contribution in [0.1, 0.15) is 37.7 Å². The predicted molar refractivity (Wildman–Crippen MR) is 98.2 cm³/mol. The number of likely N-dealkylation sites (tertiary alicyclic amines) is 1. The van der Waals surface area contributed by atoms with Crippen LogP contribution < -0.4 is 0 Å². The summed E-state index contributed by atoms with van der Waals surface area (Å²) in [5.41, 5.74) is 1.21. The summed E-state index contributed by atoms with van der Waals surface area (Å²) in [6, 6.07) is 8.70. The van der Waals surface area contributed by atoms with Gasteiger partial charge in [0, 0.05) is 25.7 Å². The van der Waals surface area contributed by atoms with Gasteiger partial charge in [-0.05, 0) is 70.2 Å². The first-order chi connectivity index (χ1) is 11.7. The third-order valence-electron chi connectivity index (χ3n) is 5.58. The van der Waals surface area contributed by atoms with Gasteiger partial charge in [0.15, 0.2) is 0 Å². The molecule has 0 saturated carbocycles. The Morgan fingerprint density at radius 1 is 1.04 bits per heavy atom. The van der Waals surface area contributed by atoms with Crippen LogP contribution in [0, 0.1) is 12.8 Å². The molecule has 2 aliphatic heterocycles. The number of hydrogen-bond acceptors (Lipinski definition) is 3. The molecule has 1 aromatic rings. The molecule has 0 amide bonds. The van der Waals surface area contributed by atoms with Gasteiger partial charge in [-0.1, -0.05) is 17.7 Å². The molecule has 1 unspecified atom stereocenters. The smallest absolute Gasteiger partial charge is 0.127 e. The van der Waals surface area contributed by atoms with Gasteiger partial charge >= 0.3 is 0 Å². The number of nitrogens with zero attached hydrogens (tertiary/aromatic N) is 2. The molecule has 2 fully saturated rings. The van der Waals surface area contributed by atoms with Gasteiger partial charge in [0.05, 0.1) is 4.90 Å². The summed E-state index contributed by atoms with van der Waals surface area (Å²) in [5, 5.41) is 9.08. The Hall–Kier alpha value is -0.750. The van der Waals surface area contributed by atoms with Crippen LogP contribution in [-0.2, 0) is 11.0 Å². The largest absolute Gasteiger partial charge is 0.396 e. The lowest BCUT2D eigenvalue weighted by Gasteiger charge is -2.41. The Balaban J connectivity index is 1.47. The molecule has 0 aromatic heterocycles. The standard InChI is InChI=1S/C19H30N2O2S/c1-16-2-4-19(5-3-16)24(23)21-13-8-18(9-14-21)20-11-6-17(7-12-20)10-15-22/h2-5,17-18,22H,6-15H2,1H3. The molecule has 0 bridgehead atoms. The highest BCUT2D eigenvalue weighted by molar-refractivity contribution is 7.82. The molecule has 1 N–H and O–H groups in total. The van der Waals surface area contributed by atoms with E-state index in [2.05, 4.69) is 16.1 Å². The van der Waals surface area contributed by atoms with Crippen molar-refractivity contribution in [3.63, 3.8) is 0 Å². The molecule has 1 atom stereocenters. The average molecular weight is 351 g/mol. The maximum Gasteiger partial charge on any atom is 0.127 e. The minimum atomic E-state index is -1.02. The molecule has 2 heterocycles. The molecular weight excluding hydrogens is 320 g/mol. The molecule has 1 aromatic carbocycles. The van der Waals surface area contributed by atoms with Gasteiger partial charge in [0.2, 0.25) is 0 Å². The summed E-state index contributed by atoms with van der Waals surface area (Å²) in [5.74, 6) is 0.709. The maximum absolute atomic E-state index is 12.7. The van der Waals surface area contributed by atoms with Crippen molar-refractivity contribution in [2.45, 2.75) is 50.0 Å². The Bertz CT molecular complexity index is 533. The van der Waals surface area contributed by atoms with Gasteiger partial charge in [-0.2, -0.15) is 0 Å². The molecule has 4 nitrogen and oxygen atoms in total. The van der Waals surface area contributed by atoms with Crippen molar-refractivity contribution in [1.82, 2.24) is 9.21 Å². The first-order valence-corrected chi connectivity index (χ1v) is 10.4. The molecule has 5 heteroatoms. The lowest BCUT2D eigenvalue weighted by molar-refractivity contribution is 0.0902. The van der Waals surface area contributed by atoms with Gasteiger partial charge in [-0.15, -0.1) is 0 Å². The number of rotatable bonds is 5. The van der Waals surface area contributed by atoms with Crippen molar-refractivity contribution in [3.05, 3.63) is 29.8 Å². The monoisotopic (exact) mass is 350 g/mol. The van der Waals surface area contributed by atoms with E-state index in [1.807, 2.05) is 24.3 Å². The van der Waals surface area contributed by atoms with Crippen molar-refractivity contribution in [2.24, 2.45) is 5.92 Å². The summed E-state index contributed by atoms with van der Waals surface area (Å²) >= 11 is 0. The zero-order valence-corrected chi connectivity index (χ0v) is 15.5. The first kappa shape index (κ1) is 18.1. The molecule has 0 radical (unpaired) electrons. The van der Waals surface area contributed by atoms with Crippen molar-refractivity contribution >= 4 is 11.0 Å². The van der Waals surface area contributed by atoms with E-state index in [1.54, 1.807) is 0 Å². The highest BCUT2D eigenvalue weighted by Crippen LogP contribution is 2.26. The molecule has 3 rings (SSSR count). The topological polar surface area (TPSA) is 43.8 Å². The minimum absolute atomic E-state index is 0.327. The van der Waals surface area contributed by atoms with Crippen LogP contribution in [-0.4, -0.2) is 57.3 Å². The van der Waals surface area contributed by atoms with Crippen LogP contribution in [0.25, 0.3) is 0 Å². The van der Waals surface area contributed by atoms with Gasteiger partial charge in [-0.25, -0.2) is 8.51 Å². The van der Waals surface area contributed by atoms with Crippen LogP contribution in [0.3, 0.4) is 0 Å². The molecule has 2 saturated heterocycles. The summed E-state index contributed by atoms with van der Waals surface area (Å²) in [6.45, 7) is 6.55. The number of hydrogen-bond donors (Lipinski definition) is 1. The number of piperidine rings is 2. The molecule has 0 spiro atoms. The van der Waals surface area contributed by atoms with E-state index in [-0.39, 0.29) is 0 Å². The second-order valence-corrected chi connectivity index (χ2v) is 8.70. The van der Waals surface area contributed by atoms with E-state index in [0.717, 1.165) is 50.3 Å². The molecule has 24 heavy (non-hydrogen) atoms. The number of benzene rings is 1. The van der Waals surface area contributed by atoms with Crippen LogP contribution in [0.5, 0.6) is 0 Å². The number of aliphatic hydroxyl groups excluding tert-OH is 1. The summed E-state index contributed by atoms with van der Waals surface area (Å²) in [7, 11) is -1.02. The van der Waals surface area contributed by atoms with Crippen molar-refractivity contribution in [1.29, 1.82) is 0 Å². The Kier molecular flexibility index (Phi) is 6.44. The molecule has 0 aliphatic carbocycles. The Labute approximate surface area is 148 Å². The number of aliphatic hydroxyl groups is 1. The highest BCUT2D eigenvalue weighted by Gasteiger charge is 2.29. The SMILES string of the molecule is Cc1ccc(S(=O)N2CCC(N3CCC(CCO)CC3)CC2)cc1. The van der Waals surface area contributed by atoms with Gasteiger partial charge in [-0.3, -0.25) is 0 Å². The fraction of sp³-hybridized carbons (Fsp3) is 0.684. The third-order valence-corrected chi connectivity index (χ3v) is 7.09. The van der Waals surface area contributed by atoms with Gasteiger partial charge in [0.1, 0.15) is 11.0 Å². The summed E-state index contributed by atoms with van der Waals surface area (Å²) < 4.78 is 14.8. The summed E-state index contributed by atoms with van der Waals surface area (Å²) in [6.07, 6.45) is 5.62. The van der Waals surface area contributed by atoms with Crippen LogP contribution in [0.4, 0.5) is 0 Å². The van der Waals surface area contributed by atoms with E-state index in [1.165, 1.54) is 18.4 Å². The second-order valence-electron chi connectivity index (χ2n) is 7.21. The Morgan fingerprint density at radius 3 is 2.25 bits per heavy atom. The van der Waals surface area contributed by atoms with Crippen LogP contribution >= 0.6 is 0 Å². The average Bonchev–Trinajstić information content (AvgIpc) is 2.63. The van der Waals surface area contributed by atoms with E-state index >= 15 is 0 Å². The van der Waals surface area contributed by atoms with Gasteiger partial charge < -0.3 is 10.0 Å². The van der Waals surface area contributed by atoms with Crippen molar-refractivity contribution in [2.75, 3.05) is 32.8 Å². The molecular formula is C19H30N2O2S. The molecule has 2 aliphatic rings. The van der Waals surface area contributed by atoms with E-state index in [0.29, 0.717) is 18.6 Å². The highest BCUT2D eigenvalue weighted by atomic mass is 32.2. The first-order valence-electron chi connectivity index (χ1n) is 9.26. The van der Waals surface area contributed by atoms with E-state index in [4.69, 9.17) is 5.11 Å². The zero-order valence-electron chi connectivity index (χ0n) is 14.7. The molecule has 134 valence electrons. The van der Waals surface area contributed by atoms with Gasteiger partial charge in [0.25, 0.3) is 0 Å². The summed E-state index contributed by atoms with van der Waals surface area (Å²) in [4.78, 5) is 3.55. The lowest BCUT2D eigenvalue weighted by atomic mass is 9.92. The van der Waals surface area contributed by atoms with Crippen LogP contribution in [0.15, 0.2) is 29.2 Å².